The molecule has 1 heterocycles. The maximum atomic E-state index is 13.1. The molecule has 4 rings (SSSR count). The van der Waals surface area contributed by atoms with E-state index in [1.165, 1.54) is 69.3 Å². The van der Waals surface area contributed by atoms with E-state index >= 15 is 0 Å². The first kappa shape index (κ1) is 21.7. The van der Waals surface area contributed by atoms with Crippen molar-refractivity contribution in [2.75, 3.05) is 19.6 Å². The van der Waals surface area contributed by atoms with Crippen LogP contribution in [0.25, 0.3) is 0 Å². The Hall–Kier alpha value is -1.55. The molecule has 1 aromatic carbocycles. The zero-order chi connectivity index (χ0) is 21.3. The molecule has 2 fully saturated rings. The minimum Gasteiger partial charge on any atom is -0.331 e. The van der Waals surface area contributed by atoms with Gasteiger partial charge in [0.25, 0.3) is 0 Å². The number of carbonyl (C=O) groups is 1. The number of nitrogens with one attached hydrogen (secondary N) is 1. The molecule has 1 atom stereocenters. The number of rotatable bonds is 5. The van der Waals surface area contributed by atoms with Crippen LogP contribution in [0.4, 0.5) is 4.79 Å². The molecule has 2 aliphatic carbocycles. The highest BCUT2D eigenvalue weighted by atomic mass is 16.2. The lowest BCUT2D eigenvalue weighted by atomic mass is 9.73. The first-order valence-electron chi connectivity index (χ1n) is 12.3. The third kappa shape index (κ3) is 4.26. The van der Waals surface area contributed by atoms with Gasteiger partial charge in [-0.3, -0.25) is 0 Å². The zero-order valence-electron chi connectivity index (χ0n) is 19.5. The van der Waals surface area contributed by atoms with Crippen molar-refractivity contribution in [2.24, 2.45) is 5.92 Å². The highest BCUT2D eigenvalue weighted by Gasteiger charge is 2.46. The normalized spacial score (nSPS) is 24.0. The van der Waals surface area contributed by atoms with Gasteiger partial charge >= 0.3 is 6.03 Å². The molecule has 0 bridgehead atoms. The Morgan fingerprint density at radius 2 is 1.73 bits per heavy atom. The highest BCUT2D eigenvalue weighted by molar-refractivity contribution is 5.75. The Morgan fingerprint density at radius 3 is 2.37 bits per heavy atom. The van der Waals surface area contributed by atoms with Crippen molar-refractivity contribution >= 4 is 6.03 Å². The first-order chi connectivity index (χ1) is 14.4. The molecule has 30 heavy (non-hydrogen) atoms. The summed E-state index contributed by atoms with van der Waals surface area (Å²) in [6.07, 6.45) is 9.23. The molecule has 1 N–H and O–H groups in total. The fourth-order valence-corrected chi connectivity index (χ4v) is 6.51. The fraction of sp³-hybridized carbons (Fsp3) is 0.731. The number of benzene rings is 1. The molecule has 0 aromatic heterocycles. The van der Waals surface area contributed by atoms with Gasteiger partial charge in [0.15, 0.2) is 0 Å². The summed E-state index contributed by atoms with van der Waals surface area (Å²) in [4.78, 5) is 17.8. The highest BCUT2D eigenvalue weighted by Crippen LogP contribution is 2.51. The van der Waals surface area contributed by atoms with Gasteiger partial charge in [-0.25, -0.2) is 4.79 Å². The number of hydrogen-bond donors (Lipinski definition) is 1. The lowest BCUT2D eigenvalue weighted by molar-refractivity contribution is 0.132. The number of urea groups is 1. The van der Waals surface area contributed by atoms with E-state index in [1.54, 1.807) is 0 Å². The third-order valence-corrected chi connectivity index (χ3v) is 7.95. The Morgan fingerprint density at radius 1 is 1.10 bits per heavy atom. The van der Waals surface area contributed by atoms with E-state index in [-0.39, 0.29) is 29.6 Å². The number of fused-ring (bicyclic) bond motifs is 2. The van der Waals surface area contributed by atoms with E-state index < -0.39 is 0 Å². The predicted molar refractivity (Wildman–Crippen MR) is 124 cm³/mol. The van der Waals surface area contributed by atoms with Crippen LogP contribution in [0.2, 0.25) is 0 Å². The molecule has 3 aliphatic rings. The van der Waals surface area contributed by atoms with Gasteiger partial charge in [0, 0.05) is 24.0 Å². The third-order valence-electron chi connectivity index (χ3n) is 7.95. The number of nitrogens with zero attached hydrogens (tertiary/aromatic N) is 2. The van der Waals surface area contributed by atoms with Crippen LogP contribution in [0, 0.1) is 5.92 Å². The van der Waals surface area contributed by atoms with E-state index in [1.807, 2.05) is 4.90 Å². The van der Waals surface area contributed by atoms with Crippen LogP contribution in [-0.4, -0.2) is 47.5 Å². The van der Waals surface area contributed by atoms with Crippen molar-refractivity contribution in [3.05, 3.63) is 35.4 Å². The molecule has 4 heteroatoms. The van der Waals surface area contributed by atoms with Gasteiger partial charge < -0.3 is 15.1 Å². The number of carbonyl (C=O) groups excluding carboxylic acids is 1. The molecule has 4 nitrogen and oxygen atoms in total. The smallest absolute Gasteiger partial charge is 0.318 e. The molecule has 0 radical (unpaired) electrons. The number of hydrogen-bond acceptors (Lipinski definition) is 2. The Kier molecular flexibility index (Phi) is 6.43. The summed E-state index contributed by atoms with van der Waals surface area (Å²) in [6.45, 7) is 12.1. The van der Waals surface area contributed by atoms with Crippen molar-refractivity contribution in [2.45, 2.75) is 96.2 Å². The Balaban J connectivity index is 1.46. The number of likely N-dealkylation sites (tertiary alicyclic amines) is 1. The molecular formula is C26H41N3O. The summed E-state index contributed by atoms with van der Waals surface area (Å²) in [5.74, 6) is 0.931. The van der Waals surface area contributed by atoms with E-state index in [0.29, 0.717) is 0 Å². The molecule has 2 amide bonds. The van der Waals surface area contributed by atoms with Crippen molar-refractivity contribution in [3.63, 3.8) is 0 Å². The Bertz CT molecular complexity index is 722. The monoisotopic (exact) mass is 411 g/mol. The van der Waals surface area contributed by atoms with Crippen LogP contribution in [0.15, 0.2) is 24.3 Å². The van der Waals surface area contributed by atoms with E-state index in [2.05, 4.69) is 62.2 Å². The standard InChI is InChI=1S/C26H41N3O/c1-19(2)29(20(3)4)25(30)27-24-17-26(23-12-8-7-11-22(23)24)13-15-28(16-14-26)18-21-9-5-6-10-21/h7-8,11-12,19-21,24H,5-6,9-10,13-18H2,1-4H3,(H,27,30)/t24-/m0/s1. The van der Waals surface area contributed by atoms with E-state index in [9.17, 15) is 4.79 Å². The van der Waals surface area contributed by atoms with E-state index in [4.69, 9.17) is 0 Å². The largest absolute Gasteiger partial charge is 0.331 e. The second-order valence-corrected chi connectivity index (χ2v) is 10.6. The first-order valence-corrected chi connectivity index (χ1v) is 12.3. The van der Waals surface area contributed by atoms with Gasteiger partial charge in [0.1, 0.15) is 0 Å². The lowest BCUT2D eigenvalue weighted by Gasteiger charge is -2.41. The van der Waals surface area contributed by atoms with Gasteiger partial charge in [-0.1, -0.05) is 37.1 Å². The fourth-order valence-electron chi connectivity index (χ4n) is 6.51. The molecule has 166 valence electrons. The van der Waals surface area contributed by atoms with Crippen LogP contribution >= 0.6 is 0 Å². The van der Waals surface area contributed by atoms with Crippen LogP contribution in [0.3, 0.4) is 0 Å². The molecule has 1 saturated heterocycles. The minimum absolute atomic E-state index is 0.0792. The summed E-state index contributed by atoms with van der Waals surface area (Å²) in [5.41, 5.74) is 3.08. The van der Waals surface area contributed by atoms with E-state index in [0.717, 1.165) is 12.3 Å². The van der Waals surface area contributed by atoms with Gasteiger partial charge in [0.05, 0.1) is 6.04 Å². The van der Waals surface area contributed by atoms with Crippen molar-refractivity contribution in [3.8, 4) is 0 Å². The van der Waals surface area contributed by atoms with Gasteiger partial charge in [0.2, 0.25) is 0 Å². The average Bonchev–Trinajstić information content (AvgIpc) is 3.31. The molecule has 1 aliphatic heterocycles. The topological polar surface area (TPSA) is 35.6 Å². The molecule has 0 unspecified atom stereocenters. The second kappa shape index (κ2) is 8.90. The lowest BCUT2D eigenvalue weighted by Crippen LogP contribution is -2.49. The molecule has 1 spiro atoms. The second-order valence-electron chi connectivity index (χ2n) is 10.6. The van der Waals surface area contributed by atoms with Gasteiger partial charge in [-0.05, 0) is 89.9 Å². The van der Waals surface area contributed by atoms with Gasteiger partial charge in [-0.2, -0.15) is 0 Å². The van der Waals surface area contributed by atoms with Crippen LogP contribution in [0.5, 0.6) is 0 Å². The van der Waals surface area contributed by atoms with Crippen LogP contribution in [0.1, 0.15) is 89.8 Å². The molecule has 1 saturated carbocycles. The number of piperidine rings is 1. The maximum absolute atomic E-state index is 13.1. The summed E-state index contributed by atoms with van der Waals surface area (Å²) < 4.78 is 0. The van der Waals surface area contributed by atoms with Crippen LogP contribution < -0.4 is 5.32 Å². The Labute approximate surface area is 183 Å². The maximum Gasteiger partial charge on any atom is 0.318 e. The predicted octanol–water partition coefficient (Wildman–Crippen LogP) is 5.48. The quantitative estimate of drug-likeness (QED) is 0.696. The van der Waals surface area contributed by atoms with Crippen molar-refractivity contribution < 1.29 is 4.79 Å². The van der Waals surface area contributed by atoms with Crippen molar-refractivity contribution in [1.82, 2.24) is 15.1 Å². The summed E-state index contributed by atoms with van der Waals surface area (Å²) >= 11 is 0. The summed E-state index contributed by atoms with van der Waals surface area (Å²) in [6, 6.07) is 9.51. The average molecular weight is 412 g/mol. The number of amides is 2. The van der Waals surface area contributed by atoms with Crippen molar-refractivity contribution in [1.29, 1.82) is 0 Å². The SMILES string of the molecule is CC(C)N(C(=O)N[C@H]1CC2(CCN(CC3CCCC3)CC2)c2ccccc21)C(C)C. The van der Waals surface area contributed by atoms with Crippen LogP contribution in [-0.2, 0) is 5.41 Å². The molecule has 1 aromatic rings. The van der Waals surface area contributed by atoms with Gasteiger partial charge in [-0.15, -0.1) is 0 Å². The zero-order valence-corrected chi connectivity index (χ0v) is 19.5. The molecular weight excluding hydrogens is 370 g/mol. The minimum atomic E-state index is 0.0792. The summed E-state index contributed by atoms with van der Waals surface area (Å²) in [5, 5.41) is 3.41. The summed E-state index contributed by atoms with van der Waals surface area (Å²) in [7, 11) is 0.